The molecule has 0 unspecified atom stereocenters. The van der Waals surface area contributed by atoms with Gasteiger partial charge in [-0.05, 0) is 60.5 Å². The number of rotatable bonds is 5. The second-order valence-corrected chi connectivity index (χ2v) is 8.08. The SMILES string of the molecule is CCc1ccc2oc(-c3ccc(Cl)cc3)c(OCc3ccc(Cl)cc3Cl)c(=O)c2c1. The summed E-state index contributed by atoms with van der Waals surface area (Å²) in [6.07, 6.45) is 0.810. The molecule has 4 rings (SSSR count). The predicted octanol–water partition coefficient (Wildman–Crippen LogP) is 7.56. The summed E-state index contributed by atoms with van der Waals surface area (Å²) in [5.41, 5.74) is 2.71. The number of ether oxygens (including phenoxy) is 1. The molecule has 6 heteroatoms. The van der Waals surface area contributed by atoms with E-state index in [0.717, 1.165) is 12.0 Å². The molecule has 0 radical (unpaired) electrons. The van der Waals surface area contributed by atoms with E-state index >= 15 is 0 Å². The van der Waals surface area contributed by atoms with Gasteiger partial charge in [0.2, 0.25) is 11.2 Å². The number of benzene rings is 3. The standard InChI is InChI=1S/C24H17Cl3O3/c1-2-14-3-10-21-19(11-14)22(28)24(23(30-21)15-4-7-17(25)8-5-15)29-13-16-6-9-18(26)12-20(16)27/h3-12H,2,13H2,1H3. The fourth-order valence-corrected chi connectivity index (χ4v) is 3.75. The average molecular weight is 460 g/mol. The molecule has 1 aromatic heterocycles. The second-order valence-electron chi connectivity index (χ2n) is 6.80. The summed E-state index contributed by atoms with van der Waals surface area (Å²) < 4.78 is 12.1. The quantitative estimate of drug-likeness (QED) is 0.309. The van der Waals surface area contributed by atoms with Gasteiger partial charge in [0.15, 0.2) is 5.76 Å². The molecular weight excluding hydrogens is 443 g/mol. The van der Waals surface area contributed by atoms with Crippen molar-refractivity contribution in [2.75, 3.05) is 0 Å². The lowest BCUT2D eigenvalue weighted by molar-refractivity contribution is 0.298. The first kappa shape index (κ1) is 20.8. The summed E-state index contributed by atoms with van der Waals surface area (Å²) in [6, 6.07) is 17.8. The van der Waals surface area contributed by atoms with E-state index in [4.69, 9.17) is 44.0 Å². The van der Waals surface area contributed by atoms with Crippen molar-refractivity contribution in [3.8, 4) is 17.1 Å². The van der Waals surface area contributed by atoms with Crippen molar-refractivity contribution >= 4 is 45.8 Å². The highest BCUT2D eigenvalue weighted by atomic mass is 35.5. The van der Waals surface area contributed by atoms with Crippen LogP contribution in [-0.4, -0.2) is 0 Å². The molecule has 1 heterocycles. The van der Waals surface area contributed by atoms with E-state index < -0.39 is 0 Å². The largest absolute Gasteiger partial charge is 0.481 e. The summed E-state index contributed by atoms with van der Waals surface area (Å²) in [5.74, 6) is 0.475. The average Bonchev–Trinajstić information content (AvgIpc) is 2.74. The normalized spacial score (nSPS) is 11.1. The Labute approximate surface area is 188 Å². The highest BCUT2D eigenvalue weighted by molar-refractivity contribution is 6.35. The summed E-state index contributed by atoms with van der Waals surface area (Å²) in [5, 5.41) is 2.06. The van der Waals surface area contributed by atoms with E-state index in [0.29, 0.717) is 42.9 Å². The summed E-state index contributed by atoms with van der Waals surface area (Å²) in [4.78, 5) is 13.4. The molecule has 30 heavy (non-hydrogen) atoms. The molecule has 0 aliphatic rings. The first-order chi connectivity index (χ1) is 14.5. The second kappa shape index (κ2) is 8.73. The van der Waals surface area contributed by atoms with Crippen LogP contribution in [0, 0.1) is 0 Å². The molecule has 0 saturated carbocycles. The summed E-state index contributed by atoms with van der Waals surface area (Å²) in [6.45, 7) is 2.13. The van der Waals surface area contributed by atoms with Crippen molar-refractivity contribution in [2.24, 2.45) is 0 Å². The molecule has 0 aliphatic carbocycles. The van der Waals surface area contributed by atoms with Crippen LogP contribution < -0.4 is 10.2 Å². The van der Waals surface area contributed by atoms with Crippen LogP contribution >= 0.6 is 34.8 Å². The maximum absolute atomic E-state index is 13.4. The number of hydrogen-bond acceptors (Lipinski definition) is 3. The zero-order valence-electron chi connectivity index (χ0n) is 16.0. The molecule has 3 nitrogen and oxygen atoms in total. The van der Waals surface area contributed by atoms with Gasteiger partial charge in [0.05, 0.1) is 5.39 Å². The zero-order chi connectivity index (χ0) is 21.3. The minimum atomic E-state index is -0.235. The van der Waals surface area contributed by atoms with Gasteiger partial charge in [-0.2, -0.15) is 0 Å². The van der Waals surface area contributed by atoms with E-state index in [-0.39, 0.29) is 17.8 Å². The van der Waals surface area contributed by atoms with Gasteiger partial charge in [-0.25, -0.2) is 0 Å². The third-order valence-corrected chi connectivity index (χ3v) is 5.65. The fraction of sp³-hybridized carbons (Fsp3) is 0.125. The summed E-state index contributed by atoms with van der Waals surface area (Å²) >= 11 is 18.3. The first-order valence-corrected chi connectivity index (χ1v) is 10.5. The smallest absolute Gasteiger partial charge is 0.235 e. The zero-order valence-corrected chi connectivity index (χ0v) is 18.3. The number of hydrogen-bond donors (Lipinski definition) is 0. The van der Waals surface area contributed by atoms with Crippen molar-refractivity contribution in [1.29, 1.82) is 0 Å². The molecule has 3 aromatic carbocycles. The molecule has 0 spiro atoms. The Hall–Kier alpha value is -2.46. The minimum absolute atomic E-state index is 0.0975. The molecule has 0 N–H and O–H groups in total. The Kier molecular flexibility index (Phi) is 6.05. The molecule has 0 saturated heterocycles. The Morgan fingerprint density at radius 2 is 1.63 bits per heavy atom. The van der Waals surface area contributed by atoms with Gasteiger partial charge in [0.25, 0.3) is 0 Å². The van der Waals surface area contributed by atoms with Crippen molar-refractivity contribution in [3.05, 3.63) is 97.1 Å². The van der Waals surface area contributed by atoms with Crippen LogP contribution in [0.3, 0.4) is 0 Å². The first-order valence-electron chi connectivity index (χ1n) is 9.38. The van der Waals surface area contributed by atoms with E-state index in [1.807, 2.05) is 25.1 Å². The Balaban J connectivity index is 1.85. The molecule has 4 aromatic rings. The Morgan fingerprint density at radius 3 is 2.33 bits per heavy atom. The lowest BCUT2D eigenvalue weighted by atomic mass is 10.1. The molecule has 0 atom stereocenters. The van der Waals surface area contributed by atoms with Crippen molar-refractivity contribution in [1.82, 2.24) is 0 Å². The molecular formula is C24H17Cl3O3. The lowest BCUT2D eigenvalue weighted by Gasteiger charge is -2.13. The summed E-state index contributed by atoms with van der Waals surface area (Å²) in [7, 11) is 0. The number of aryl methyl sites for hydroxylation is 1. The fourth-order valence-electron chi connectivity index (χ4n) is 3.16. The molecule has 0 aliphatic heterocycles. The van der Waals surface area contributed by atoms with Crippen molar-refractivity contribution in [2.45, 2.75) is 20.0 Å². The van der Waals surface area contributed by atoms with Crippen LogP contribution in [-0.2, 0) is 13.0 Å². The van der Waals surface area contributed by atoms with Gasteiger partial charge in [0, 0.05) is 26.2 Å². The predicted molar refractivity (Wildman–Crippen MR) is 123 cm³/mol. The van der Waals surface area contributed by atoms with E-state index in [1.54, 1.807) is 42.5 Å². The van der Waals surface area contributed by atoms with Crippen molar-refractivity contribution in [3.63, 3.8) is 0 Å². The van der Waals surface area contributed by atoms with Crippen molar-refractivity contribution < 1.29 is 9.15 Å². The van der Waals surface area contributed by atoms with Crippen LogP contribution in [0.15, 0.2) is 69.9 Å². The molecule has 0 fully saturated rings. The highest BCUT2D eigenvalue weighted by Crippen LogP contribution is 2.33. The maximum Gasteiger partial charge on any atom is 0.235 e. The molecule has 0 bridgehead atoms. The van der Waals surface area contributed by atoms with Gasteiger partial charge in [-0.3, -0.25) is 4.79 Å². The Morgan fingerprint density at radius 1 is 0.900 bits per heavy atom. The van der Waals surface area contributed by atoms with Gasteiger partial charge in [0.1, 0.15) is 12.2 Å². The van der Waals surface area contributed by atoms with Gasteiger partial charge < -0.3 is 9.15 Å². The maximum atomic E-state index is 13.4. The third kappa shape index (κ3) is 4.20. The van der Waals surface area contributed by atoms with Crippen LogP contribution in [0.5, 0.6) is 5.75 Å². The van der Waals surface area contributed by atoms with Gasteiger partial charge in [-0.15, -0.1) is 0 Å². The highest BCUT2D eigenvalue weighted by Gasteiger charge is 2.19. The number of halogens is 3. The lowest BCUT2D eigenvalue weighted by Crippen LogP contribution is -2.11. The van der Waals surface area contributed by atoms with E-state index in [1.165, 1.54) is 0 Å². The third-order valence-electron chi connectivity index (χ3n) is 4.81. The van der Waals surface area contributed by atoms with Gasteiger partial charge >= 0.3 is 0 Å². The minimum Gasteiger partial charge on any atom is -0.481 e. The molecule has 152 valence electrons. The van der Waals surface area contributed by atoms with Crippen LogP contribution in [0.2, 0.25) is 15.1 Å². The molecule has 0 amide bonds. The monoisotopic (exact) mass is 458 g/mol. The number of fused-ring (bicyclic) bond motifs is 1. The van der Waals surface area contributed by atoms with Crippen LogP contribution in [0.25, 0.3) is 22.3 Å². The van der Waals surface area contributed by atoms with E-state index in [9.17, 15) is 4.79 Å². The van der Waals surface area contributed by atoms with E-state index in [2.05, 4.69) is 0 Å². The van der Waals surface area contributed by atoms with Crippen LogP contribution in [0.1, 0.15) is 18.1 Å². The van der Waals surface area contributed by atoms with Gasteiger partial charge in [-0.1, -0.05) is 53.9 Å². The topological polar surface area (TPSA) is 39.4 Å². The Bertz CT molecular complexity index is 1280. The van der Waals surface area contributed by atoms with Crippen LogP contribution in [0.4, 0.5) is 0 Å².